The molecule has 0 spiro atoms. The molecule has 1 aromatic carbocycles. The Morgan fingerprint density at radius 2 is 1.96 bits per heavy atom. The van der Waals surface area contributed by atoms with E-state index in [1.165, 1.54) is 24.3 Å². The van der Waals surface area contributed by atoms with Crippen LogP contribution in [0.15, 0.2) is 24.3 Å². The molecule has 1 saturated carbocycles. The average Bonchev–Trinajstić information content (AvgIpc) is 2.53. The molecule has 2 rings (SSSR count). The second-order valence-electron chi connectivity index (χ2n) is 6.91. The predicted octanol–water partition coefficient (Wildman–Crippen LogP) is 3.99. The van der Waals surface area contributed by atoms with E-state index in [0.717, 1.165) is 19.3 Å². The summed E-state index contributed by atoms with van der Waals surface area (Å²) in [6.07, 6.45) is 2.86. The van der Waals surface area contributed by atoms with Gasteiger partial charge in [-0.3, -0.25) is 0 Å². The van der Waals surface area contributed by atoms with Gasteiger partial charge in [-0.1, -0.05) is 39.3 Å². The first-order valence-corrected chi connectivity index (χ1v) is 8.49. The van der Waals surface area contributed by atoms with Gasteiger partial charge in [0.2, 0.25) is 0 Å². The van der Waals surface area contributed by atoms with Crippen LogP contribution in [0.4, 0.5) is 4.39 Å². The molecule has 0 heterocycles. The van der Waals surface area contributed by atoms with Crippen LogP contribution in [0.3, 0.4) is 0 Å². The fourth-order valence-corrected chi connectivity index (χ4v) is 3.28. The zero-order valence-corrected chi connectivity index (χ0v) is 14.5. The molecule has 0 aromatic heterocycles. The monoisotopic (exact) mass is 336 g/mol. The predicted molar refractivity (Wildman–Crippen MR) is 87.9 cm³/mol. The fraction of sp³-hybridized carbons (Fsp3) is 0.579. The number of hydrogen-bond acceptors (Lipinski definition) is 4. The molecular formula is C19H25FO4. The normalized spacial score (nSPS) is 23.8. The van der Waals surface area contributed by atoms with Crippen molar-refractivity contribution in [3.05, 3.63) is 35.6 Å². The van der Waals surface area contributed by atoms with E-state index in [4.69, 9.17) is 9.47 Å². The maximum Gasteiger partial charge on any atom is 0.344 e. The third-order valence-electron chi connectivity index (χ3n) is 4.66. The zero-order chi connectivity index (χ0) is 17.7. The molecule has 0 unspecified atom stereocenters. The third kappa shape index (κ3) is 4.79. The van der Waals surface area contributed by atoms with E-state index in [-0.39, 0.29) is 11.7 Å². The summed E-state index contributed by atoms with van der Waals surface area (Å²) >= 11 is 0. The van der Waals surface area contributed by atoms with E-state index >= 15 is 0 Å². The van der Waals surface area contributed by atoms with Crippen molar-refractivity contribution >= 4 is 11.9 Å². The Balaban J connectivity index is 1.88. The molecule has 132 valence electrons. The molecule has 1 aromatic rings. The molecule has 0 amide bonds. The Morgan fingerprint density at radius 1 is 1.25 bits per heavy atom. The molecular weight excluding hydrogens is 311 g/mol. The summed E-state index contributed by atoms with van der Waals surface area (Å²) in [5.41, 5.74) is -0.184. The van der Waals surface area contributed by atoms with Crippen LogP contribution in [0, 0.1) is 23.6 Å². The maximum absolute atomic E-state index is 13.5. The Kier molecular flexibility index (Phi) is 6.35. The van der Waals surface area contributed by atoms with E-state index in [9.17, 15) is 14.0 Å². The van der Waals surface area contributed by atoms with Crippen LogP contribution in [0.2, 0.25) is 0 Å². The van der Waals surface area contributed by atoms with Gasteiger partial charge in [-0.25, -0.2) is 14.0 Å². The lowest BCUT2D eigenvalue weighted by Crippen LogP contribution is -2.36. The number of hydrogen-bond donors (Lipinski definition) is 0. The maximum atomic E-state index is 13.5. The lowest BCUT2D eigenvalue weighted by atomic mass is 9.75. The second-order valence-corrected chi connectivity index (χ2v) is 6.91. The average molecular weight is 336 g/mol. The van der Waals surface area contributed by atoms with Crippen molar-refractivity contribution < 1.29 is 23.5 Å². The first-order valence-electron chi connectivity index (χ1n) is 8.49. The highest BCUT2D eigenvalue weighted by Crippen LogP contribution is 2.35. The van der Waals surface area contributed by atoms with E-state index in [1.807, 2.05) is 0 Å². The standard InChI is InChI=1S/C19H25FO4/c1-12(2)14-9-8-13(3)10-17(14)24-18(21)11-23-19(22)15-6-4-5-7-16(15)20/h4-7,12-14,17H,8-11H2,1-3H3/t13-,14-,17+/m1/s1. The van der Waals surface area contributed by atoms with Crippen molar-refractivity contribution in [3.8, 4) is 0 Å². The SMILES string of the molecule is CC(C)[C@H]1CC[C@@H](C)C[C@@H]1OC(=O)COC(=O)c1ccccc1F. The molecule has 0 aliphatic heterocycles. The van der Waals surface area contributed by atoms with Crippen LogP contribution in [-0.4, -0.2) is 24.6 Å². The van der Waals surface area contributed by atoms with Gasteiger partial charge in [0.15, 0.2) is 6.61 Å². The van der Waals surface area contributed by atoms with E-state index in [1.54, 1.807) is 0 Å². The van der Waals surface area contributed by atoms with Crippen LogP contribution in [0.5, 0.6) is 0 Å². The molecule has 0 radical (unpaired) electrons. The number of ether oxygens (including phenoxy) is 2. The quantitative estimate of drug-likeness (QED) is 0.763. The van der Waals surface area contributed by atoms with Gasteiger partial charge in [0.1, 0.15) is 11.9 Å². The summed E-state index contributed by atoms with van der Waals surface area (Å²) in [7, 11) is 0. The Morgan fingerprint density at radius 3 is 2.62 bits per heavy atom. The summed E-state index contributed by atoms with van der Waals surface area (Å²) in [4.78, 5) is 23.8. The lowest BCUT2D eigenvalue weighted by Gasteiger charge is -2.36. The van der Waals surface area contributed by atoms with Gasteiger partial charge in [0.05, 0.1) is 5.56 Å². The van der Waals surface area contributed by atoms with Crippen LogP contribution < -0.4 is 0 Å². The fourth-order valence-electron chi connectivity index (χ4n) is 3.28. The number of benzene rings is 1. The lowest BCUT2D eigenvalue weighted by molar-refractivity contribution is -0.159. The highest BCUT2D eigenvalue weighted by atomic mass is 19.1. The number of esters is 2. The van der Waals surface area contributed by atoms with Gasteiger partial charge < -0.3 is 9.47 Å². The first-order chi connectivity index (χ1) is 11.4. The number of rotatable bonds is 5. The zero-order valence-electron chi connectivity index (χ0n) is 14.5. The minimum absolute atomic E-state index is 0.145. The molecule has 0 N–H and O–H groups in total. The van der Waals surface area contributed by atoms with Crippen molar-refractivity contribution in [1.82, 2.24) is 0 Å². The first kappa shape index (κ1) is 18.4. The molecule has 1 fully saturated rings. The Labute approximate surface area is 142 Å². The molecule has 24 heavy (non-hydrogen) atoms. The number of carbonyl (C=O) groups excluding carboxylic acids is 2. The van der Waals surface area contributed by atoms with E-state index in [2.05, 4.69) is 20.8 Å². The van der Waals surface area contributed by atoms with Crippen molar-refractivity contribution in [3.63, 3.8) is 0 Å². The third-order valence-corrected chi connectivity index (χ3v) is 4.66. The van der Waals surface area contributed by atoms with Crippen molar-refractivity contribution in [2.75, 3.05) is 6.61 Å². The van der Waals surface area contributed by atoms with Crippen molar-refractivity contribution in [2.24, 2.45) is 17.8 Å². The van der Waals surface area contributed by atoms with E-state index in [0.29, 0.717) is 17.8 Å². The van der Waals surface area contributed by atoms with Crippen molar-refractivity contribution in [1.29, 1.82) is 0 Å². The summed E-state index contributed by atoms with van der Waals surface area (Å²) in [6.45, 7) is 5.90. The molecule has 1 aliphatic carbocycles. The highest BCUT2D eigenvalue weighted by Gasteiger charge is 2.33. The molecule has 3 atom stereocenters. The van der Waals surface area contributed by atoms with Gasteiger partial charge in [-0.15, -0.1) is 0 Å². The van der Waals surface area contributed by atoms with E-state index < -0.39 is 24.4 Å². The summed E-state index contributed by atoms with van der Waals surface area (Å²) in [5, 5.41) is 0. The highest BCUT2D eigenvalue weighted by molar-refractivity contribution is 5.91. The van der Waals surface area contributed by atoms with Gasteiger partial charge in [-0.05, 0) is 42.7 Å². The topological polar surface area (TPSA) is 52.6 Å². The number of carbonyl (C=O) groups is 2. The van der Waals surface area contributed by atoms with Gasteiger partial charge in [0, 0.05) is 0 Å². The van der Waals surface area contributed by atoms with Crippen LogP contribution >= 0.6 is 0 Å². The summed E-state index contributed by atoms with van der Waals surface area (Å²) in [6, 6.07) is 5.51. The van der Waals surface area contributed by atoms with Gasteiger partial charge in [-0.2, -0.15) is 0 Å². The smallest absolute Gasteiger partial charge is 0.344 e. The molecule has 4 nitrogen and oxygen atoms in total. The summed E-state index contributed by atoms with van der Waals surface area (Å²) in [5.74, 6) is -0.841. The Hall–Kier alpha value is -1.91. The van der Waals surface area contributed by atoms with Crippen LogP contribution in [0.1, 0.15) is 50.4 Å². The largest absolute Gasteiger partial charge is 0.460 e. The Bertz CT molecular complexity index is 584. The van der Waals surface area contributed by atoms with Crippen LogP contribution in [-0.2, 0) is 14.3 Å². The minimum atomic E-state index is -0.859. The molecule has 0 bridgehead atoms. The van der Waals surface area contributed by atoms with Gasteiger partial charge in [0.25, 0.3) is 0 Å². The number of halogens is 1. The van der Waals surface area contributed by atoms with Crippen molar-refractivity contribution in [2.45, 2.75) is 46.1 Å². The van der Waals surface area contributed by atoms with Crippen LogP contribution in [0.25, 0.3) is 0 Å². The molecule has 5 heteroatoms. The second kappa shape index (κ2) is 8.27. The van der Waals surface area contributed by atoms with Gasteiger partial charge >= 0.3 is 11.9 Å². The minimum Gasteiger partial charge on any atom is -0.460 e. The summed E-state index contributed by atoms with van der Waals surface area (Å²) < 4.78 is 23.9. The molecule has 1 aliphatic rings. The molecule has 0 saturated heterocycles.